The molecule has 0 unspecified atom stereocenters. The standard InChI is InChI=1S/C28H28F3N7/c1-6-9-20-12-13-22-24(36-20)10-8-11-25(22)37-26(28(29,30)31)23(16-32)19(4)35-21-15-18(3)27(33-17-21)38(5)34-14-7-2/h6-8,10-17,35H,1-2,4,9,32H2,3,5H3/b23-16?,34-14-,37-26?. The lowest BCUT2D eigenvalue weighted by atomic mass is 10.1. The average Bonchev–Trinajstić information content (AvgIpc) is 2.86. The van der Waals surface area contributed by atoms with Crippen molar-refractivity contribution < 1.29 is 13.2 Å². The number of hydrogen-bond acceptors (Lipinski definition) is 7. The van der Waals surface area contributed by atoms with Gasteiger partial charge >= 0.3 is 6.18 Å². The summed E-state index contributed by atoms with van der Waals surface area (Å²) in [5.74, 6) is 0.562. The van der Waals surface area contributed by atoms with E-state index in [1.807, 2.05) is 0 Å². The van der Waals surface area contributed by atoms with Crippen LogP contribution in [0.4, 0.5) is 30.4 Å². The maximum absolute atomic E-state index is 14.3. The Balaban J connectivity index is 1.97. The van der Waals surface area contributed by atoms with Crippen LogP contribution in [-0.4, -0.2) is 35.1 Å². The number of nitrogens with two attached hydrogens (primary N) is 1. The molecule has 0 aliphatic carbocycles. The van der Waals surface area contributed by atoms with E-state index in [0.717, 1.165) is 17.5 Å². The Hall–Kier alpha value is -4.73. The summed E-state index contributed by atoms with van der Waals surface area (Å²) >= 11 is 0. The number of alkyl halides is 3. The van der Waals surface area contributed by atoms with Gasteiger partial charge in [-0.3, -0.25) is 9.99 Å². The highest BCUT2D eigenvalue weighted by Gasteiger charge is 2.39. The van der Waals surface area contributed by atoms with Crippen molar-refractivity contribution in [2.24, 2.45) is 15.8 Å². The number of rotatable bonds is 10. The molecule has 3 N–H and O–H groups in total. The van der Waals surface area contributed by atoms with E-state index in [9.17, 15) is 13.2 Å². The van der Waals surface area contributed by atoms with Gasteiger partial charge < -0.3 is 11.1 Å². The molecule has 0 saturated carbocycles. The van der Waals surface area contributed by atoms with Crippen LogP contribution >= 0.6 is 0 Å². The number of aryl methyl sites for hydroxylation is 1. The number of halogens is 3. The second-order valence-electron chi connectivity index (χ2n) is 8.17. The van der Waals surface area contributed by atoms with Gasteiger partial charge in [0.2, 0.25) is 0 Å². The van der Waals surface area contributed by atoms with E-state index < -0.39 is 17.5 Å². The van der Waals surface area contributed by atoms with E-state index in [1.165, 1.54) is 24.6 Å². The summed E-state index contributed by atoms with van der Waals surface area (Å²) in [6.45, 7) is 12.8. The highest BCUT2D eigenvalue weighted by atomic mass is 19.4. The summed E-state index contributed by atoms with van der Waals surface area (Å²) < 4.78 is 42.8. The van der Waals surface area contributed by atoms with Gasteiger partial charge in [-0.15, -0.1) is 6.58 Å². The van der Waals surface area contributed by atoms with E-state index in [0.29, 0.717) is 28.8 Å². The van der Waals surface area contributed by atoms with Gasteiger partial charge in [-0.1, -0.05) is 25.3 Å². The van der Waals surface area contributed by atoms with E-state index in [1.54, 1.807) is 55.4 Å². The van der Waals surface area contributed by atoms with Crippen molar-refractivity contribution in [1.82, 2.24) is 9.97 Å². The lowest BCUT2D eigenvalue weighted by molar-refractivity contribution is -0.0580. The van der Waals surface area contributed by atoms with Crippen molar-refractivity contribution in [3.05, 3.63) is 103 Å². The number of hydrazone groups is 1. The Morgan fingerprint density at radius 3 is 2.61 bits per heavy atom. The van der Waals surface area contributed by atoms with Crippen LogP contribution in [0.3, 0.4) is 0 Å². The van der Waals surface area contributed by atoms with Gasteiger partial charge in [0.15, 0.2) is 11.5 Å². The van der Waals surface area contributed by atoms with E-state index in [4.69, 9.17) is 5.73 Å². The predicted octanol–water partition coefficient (Wildman–Crippen LogP) is 6.38. The molecular formula is C28H28F3N7. The van der Waals surface area contributed by atoms with Crippen LogP contribution in [0.1, 0.15) is 11.3 Å². The maximum Gasteiger partial charge on any atom is 0.434 e. The van der Waals surface area contributed by atoms with Crippen molar-refractivity contribution in [2.75, 3.05) is 17.4 Å². The number of hydrogen-bond donors (Lipinski definition) is 2. The summed E-state index contributed by atoms with van der Waals surface area (Å²) in [4.78, 5) is 12.8. The Bertz CT molecular complexity index is 1450. The highest BCUT2D eigenvalue weighted by Crippen LogP contribution is 2.32. The monoisotopic (exact) mass is 519 g/mol. The Kier molecular flexibility index (Phi) is 8.80. The predicted molar refractivity (Wildman–Crippen MR) is 150 cm³/mol. The molecule has 10 heteroatoms. The number of allylic oxidation sites excluding steroid dienone is 3. The van der Waals surface area contributed by atoms with Crippen LogP contribution in [0.2, 0.25) is 0 Å². The second-order valence-corrected chi connectivity index (χ2v) is 8.17. The smallest absolute Gasteiger partial charge is 0.404 e. The molecule has 0 amide bonds. The van der Waals surface area contributed by atoms with Crippen LogP contribution < -0.4 is 16.1 Å². The van der Waals surface area contributed by atoms with Gasteiger partial charge in [0.05, 0.1) is 23.1 Å². The fourth-order valence-electron chi connectivity index (χ4n) is 3.68. The summed E-state index contributed by atoms with van der Waals surface area (Å²) in [5, 5.41) is 9.02. The third kappa shape index (κ3) is 6.52. The maximum atomic E-state index is 14.3. The second kappa shape index (κ2) is 12.0. The molecule has 0 aliphatic rings. The molecule has 1 aromatic carbocycles. The number of aromatic nitrogens is 2. The van der Waals surface area contributed by atoms with Crippen LogP contribution in [0.5, 0.6) is 0 Å². The number of pyridine rings is 2. The fraction of sp³-hybridized carbons (Fsp3) is 0.143. The number of aliphatic imine (C=N–C) groups is 1. The molecule has 7 nitrogen and oxygen atoms in total. The number of fused-ring (bicyclic) bond motifs is 1. The lowest BCUT2D eigenvalue weighted by Crippen LogP contribution is -2.27. The van der Waals surface area contributed by atoms with Gasteiger partial charge in [-0.25, -0.2) is 9.98 Å². The number of benzene rings is 1. The first-order valence-electron chi connectivity index (χ1n) is 11.5. The number of nitrogens with one attached hydrogen (secondary N) is 1. The summed E-state index contributed by atoms with van der Waals surface area (Å²) in [7, 11) is 1.71. The molecule has 196 valence electrons. The Labute approximate surface area is 219 Å². The van der Waals surface area contributed by atoms with Crippen molar-refractivity contribution >= 4 is 40.0 Å². The van der Waals surface area contributed by atoms with Crippen LogP contribution in [0, 0.1) is 6.92 Å². The first-order chi connectivity index (χ1) is 18.1. The largest absolute Gasteiger partial charge is 0.434 e. The van der Waals surface area contributed by atoms with E-state index in [2.05, 4.69) is 45.1 Å². The Morgan fingerprint density at radius 1 is 1.21 bits per heavy atom. The molecule has 2 aromatic heterocycles. The van der Waals surface area contributed by atoms with Gasteiger partial charge in [-0.05, 0) is 48.9 Å². The molecule has 0 radical (unpaired) electrons. The molecule has 0 aliphatic heterocycles. The molecule has 3 rings (SSSR count). The minimum Gasteiger partial charge on any atom is -0.404 e. The molecule has 0 atom stereocenters. The molecule has 2 heterocycles. The third-order valence-electron chi connectivity index (χ3n) is 5.37. The zero-order valence-corrected chi connectivity index (χ0v) is 21.1. The minimum atomic E-state index is -4.82. The third-order valence-corrected chi connectivity index (χ3v) is 5.37. The molecular weight excluding hydrogens is 491 g/mol. The zero-order chi connectivity index (χ0) is 27.9. The minimum absolute atomic E-state index is 0.0952. The molecule has 0 saturated heterocycles. The quantitative estimate of drug-likeness (QED) is 0.140. The van der Waals surface area contributed by atoms with Crippen molar-refractivity contribution in [3.8, 4) is 0 Å². The Morgan fingerprint density at radius 2 is 1.97 bits per heavy atom. The topological polar surface area (TPSA) is 91.8 Å². The van der Waals surface area contributed by atoms with Crippen LogP contribution in [0.25, 0.3) is 10.9 Å². The molecule has 0 bridgehead atoms. The number of nitrogens with zero attached hydrogens (tertiary/aromatic N) is 5. The lowest BCUT2D eigenvalue weighted by Gasteiger charge is -2.19. The molecule has 38 heavy (non-hydrogen) atoms. The van der Waals surface area contributed by atoms with Crippen LogP contribution in [0.15, 0.2) is 102 Å². The summed E-state index contributed by atoms with van der Waals surface area (Å²) in [5.41, 5.74) is 6.50. The molecule has 3 aromatic rings. The first-order valence-corrected chi connectivity index (χ1v) is 11.5. The SMILES string of the molecule is C=C/C=N\N(C)c1ncc(NC(=C)C(=CN)C(=Nc2cccc3nc(CC=C)ccc23)C(F)(F)F)cc1C. The van der Waals surface area contributed by atoms with Crippen molar-refractivity contribution in [3.63, 3.8) is 0 Å². The first kappa shape index (κ1) is 27.9. The molecule has 0 spiro atoms. The summed E-state index contributed by atoms with van der Waals surface area (Å²) in [6, 6.07) is 9.95. The van der Waals surface area contributed by atoms with Gasteiger partial charge in [-0.2, -0.15) is 18.3 Å². The summed E-state index contributed by atoms with van der Waals surface area (Å²) in [6.07, 6.45) is 2.75. The molecule has 0 fully saturated rings. The van der Waals surface area contributed by atoms with E-state index in [-0.39, 0.29) is 11.4 Å². The fourth-order valence-corrected chi connectivity index (χ4v) is 3.68. The van der Waals surface area contributed by atoms with E-state index >= 15 is 0 Å². The van der Waals surface area contributed by atoms with Crippen LogP contribution in [-0.2, 0) is 6.42 Å². The average molecular weight is 520 g/mol. The normalized spacial score (nSPS) is 12.6. The van der Waals surface area contributed by atoms with Gasteiger partial charge in [0.25, 0.3) is 0 Å². The highest BCUT2D eigenvalue weighted by molar-refractivity contribution is 6.10. The van der Waals surface area contributed by atoms with Crippen molar-refractivity contribution in [2.45, 2.75) is 19.5 Å². The number of anilines is 2. The van der Waals surface area contributed by atoms with Gasteiger partial charge in [0, 0.05) is 48.2 Å². The van der Waals surface area contributed by atoms with Crippen molar-refractivity contribution in [1.29, 1.82) is 0 Å². The zero-order valence-electron chi connectivity index (χ0n) is 21.1. The van der Waals surface area contributed by atoms with Gasteiger partial charge in [0.1, 0.15) is 0 Å².